The molecule has 1 aliphatic rings. The normalized spacial score (nSPS) is 16.8. The van der Waals surface area contributed by atoms with Gasteiger partial charge in [0.1, 0.15) is 0 Å². The zero-order chi connectivity index (χ0) is 15.0. The predicted molar refractivity (Wildman–Crippen MR) is 93.0 cm³/mol. The number of aryl methyl sites for hydroxylation is 1. The fourth-order valence-corrected chi connectivity index (χ4v) is 4.07. The van der Waals surface area contributed by atoms with E-state index in [9.17, 15) is 0 Å². The second-order valence-corrected chi connectivity index (χ2v) is 7.86. The highest BCUT2D eigenvalue weighted by Gasteiger charge is 2.22. The first-order chi connectivity index (χ1) is 9.97. The molecule has 0 spiro atoms. The standard InChI is InChI=1S/C21H28/c1-15-18-11-7-8-12-19(18)17(13-16-9-5-6-10-16)14-20(15)21(2,3)4/h7-8,11-12,14,16H,5-6,9-10,13H2,1-4H3. The lowest BCUT2D eigenvalue weighted by Crippen LogP contribution is -2.14. The van der Waals surface area contributed by atoms with Gasteiger partial charge in [-0.1, -0.05) is 76.8 Å². The third-order valence-electron chi connectivity index (χ3n) is 5.19. The predicted octanol–water partition coefficient (Wildman–Crippen LogP) is 6.18. The number of fused-ring (bicyclic) bond motifs is 1. The molecule has 0 saturated heterocycles. The average molecular weight is 280 g/mol. The molecule has 0 heterocycles. The van der Waals surface area contributed by atoms with Crippen molar-refractivity contribution in [1.29, 1.82) is 0 Å². The first-order valence-corrected chi connectivity index (χ1v) is 8.48. The second kappa shape index (κ2) is 5.48. The van der Waals surface area contributed by atoms with Crippen molar-refractivity contribution in [2.45, 2.75) is 65.2 Å². The minimum absolute atomic E-state index is 0.221. The number of rotatable bonds is 2. The lowest BCUT2D eigenvalue weighted by Gasteiger charge is -2.25. The Morgan fingerprint density at radius 3 is 2.24 bits per heavy atom. The summed E-state index contributed by atoms with van der Waals surface area (Å²) in [6.45, 7) is 9.30. The van der Waals surface area contributed by atoms with Gasteiger partial charge in [-0.3, -0.25) is 0 Å². The molecule has 0 bridgehead atoms. The maximum Gasteiger partial charge on any atom is -0.0129 e. The fraction of sp³-hybridized carbons (Fsp3) is 0.524. The van der Waals surface area contributed by atoms with Crippen LogP contribution in [0, 0.1) is 12.8 Å². The maximum absolute atomic E-state index is 2.51. The fourth-order valence-electron chi connectivity index (χ4n) is 4.07. The van der Waals surface area contributed by atoms with Gasteiger partial charge in [0.15, 0.2) is 0 Å². The van der Waals surface area contributed by atoms with E-state index in [1.807, 2.05) is 0 Å². The molecular weight excluding hydrogens is 252 g/mol. The van der Waals surface area contributed by atoms with E-state index >= 15 is 0 Å². The molecule has 2 aromatic rings. The van der Waals surface area contributed by atoms with Crippen LogP contribution in [0.4, 0.5) is 0 Å². The lowest BCUT2D eigenvalue weighted by atomic mass is 9.79. The van der Waals surface area contributed by atoms with Crippen molar-refractivity contribution >= 4 is 10.8 Å². The molecule has 0 radical (unpaired) electrons. The quantitative estimate of drug-likeness (QED) is 0.616. The van der Waals surface area contributed by atoms with Gasteiger partial charge in [-0.2, -0.15) is 0 Å². The summed E-state index contributed by atoms with van der Waals surface area (Å²) in [6.07, 6.45) is 6.98. The van der Waals surface area contributed by atoms with Crippen LogP contribution in [0.5, 0.6) is 0 Å². The van der Waals surface area contributed by atoms with E-state index < -0.39 is 0 Å². The van der Waals surface area contributed by atoms with E-state index in [0.29, 0.717) is 0 Å². The molecule has 0 heteroatoms. The zero-order valence-corrected chi connectivity index (χ0v) is 14.0. The minimum Gasteiger partial charge on any atom is -0.0616 e. The second-order valence-electron chi connectivity index (χ2n) is 7.86. The summed E-state index contributed by atoms with van der Waals surface area (Å²) in [4.78, 5) is 0. The third-order valence-corrected chi connectivity index (χ3v) is 5.19. The van der Waals surface area contributed by atoms with Gasteiger partial charge in [-0.05, 0) is 52.1 Å². The Labute approximate surface area is 129 Å². The average Bonchev–Trinajstić information content (AvgIpc) is 2.94. The van der Waals surface area contributed by atoms with Crippen molar-refractivity contribution in [3.05, 3.63) is 47.0 Å². The lowest BCUT2D eigenvalue weighted by molar-refractivity contribution is 0.545. The smallest absolute Gasteiger partial charge is 0.0129 e. The van der Waals surface area contributed by atoms with Crippen LogP contribution in [0.1, 0.15) is 63.1 Å². The highest BCUT2D eigenvalue weighted by molar-refractivity contribution is 5.90. The Hall–Kier alpha value is -1.30. The van der Waals surface area contributed by atoms with Crippen LogP contribution in [0.2, 0.25) is 0 Å². The largest absolute Gasteiger partial charge is 0.0616 e. The molecule has 0 N–H and O–H groups in total. The number of hydrogen-bond acceptors (Lipinski definition) is 0. The van der Waals surface area contributed by atoms with Gasteiger partial charge in [-0.15, -0.1) is 0 Å². The van der Waals surface area contributed by atoms with Crippen molar-refractivity contribution < 1.29 is 0 Å². The van der Waals surface area contributed by atoms with E-state index in [0.717, 1.165) is 5.92 Å². The molecule has 1 saturated carbocycles. The van der Waals surface area contributed by atoms with Crippen LogP contribution >= 0.6 is 0 Å². The van der Waals surface area contributed by atoms with Crippen molar-refractivity contribution in [2.75, 3.05) is 0 Å². The van der Waals surface area contributed by atoms with E-state index in [1.165, 1.54) is 54.0 Å². The summed E-state index contributed by atoms with van der Waals surface area (Å²) < 4.78 is 0. The van der Waals surface area contributed by atoms with Gasteiger partial charge >= 0.3 is 0 Å². The van der Waals surface area contributed by atoms with E-state index in [2.05, 4.69) is 58.0 Å². The van der Waals surface area contributed by atoms with Crippen LogP contribution < -0.4 is 0 Å². The summed E-state index contributed by atoms with van der Waals surface area (Å²) >= 11 is 0. The van der Waals surface area contributed by atoms with Gasteiger partial charge in [0, 0.05) is 0 Å². The molecular formula is C21H28. The van der Waals surface area contributed by atoms with Gasteiger partial charge in [0.2, 0.25) is 0 Å². The number of hydrogen-bond donors (Lipinski definition) is 0. The SMILES string of the molecule is Cc1c(C(C)(C)C)cc(CC2CCCC2)c2ccccc12. The van der Waals surface area contributed by atoms with Gasteiger partial charge in [0.25, 0.3) is 0 Å². The molecule has 0 amide bonds. The highest BCUT2D eigenvalue weighted by Crippen LogP contribution is 2.36. The highest BCUT2D eigenvalue weighted by atomic mass is 14.3. The van der Waals surface area contributed by atoms with Crippen molar-refractivity contribution in [3.8, 4) is 0 Å². The van der Waals surface area contributed by atoms with Gasteiger partial charge in [-0.25, -0.2) is 0 Å². The topological polar surface area (TPSA) is 0 Å². The van der Waals surface area contributed by atoms with Crippen LogP contribution in [0.25, 0.3) is 10.8 Å². The maximum atomic E-state index is 2.51. The Morgan fingerprint density at radius 1 is 1.00 bits per heavy atom. The summed E-state index contributed by atoms with van der Waals surface area (Å²) in [5, 5.41) is 2.94. The minimum atomic E-state index is 0.221. The van der Waals surface area contributed by atoms with Crippen LogP contribution in [0.3, 0.4) is 0 Å². The van der Waals surface area contributed by atoms with Crippen molar-refractivity contribution in [1.82, 2.24) is 0 Å². The van der Waals surface area contributed by atoms with E-state index in [1.54, 1.807) is 5.56 Å². The molecule has 0 unspecified atom stereocenters. The van der Waals surface area contributed by atoms with Crippen LogP contribution in [-0.4, -0.2) is 0 Å². The molecule has 0 nitrogen and oxygen atoms in total. The molecule has 0 aromatic heterocycles. The first kappa shape index (κ1) is 14.6. The summed E-state index contributed by atoms with van der Waals surface area (Å²) in [7, 11) is 0. The molecule has 0 aliphatic heterocycles. The van der Waals surface area contributed by atoms with Gasteiger partial charge < -0.3 is 0 Å². The van der Waals surface area contributed by atoms with Crippen LogP contribution in [0.15, 0.2) is 30.3 Å². The molecule has 3 rings (SSSR count). The molecule has 1 aliphatic carbocycles. The number of benzene rings is 2. The Balaban J connectivity index is 2.14. The molecule has 0 atom stereocenters. The third kappa shape index (κ3) is 2.86. The monoisotopic (exact) mass is 280 g/mol. The Morgan fingerprint density at radius 2 is 1.62 bits per heavy atom. The van der Waals surface area contributed by atoms with Crippen molar-refractivity contribution in [3.63, 3.8) is 0 Å². The molecule has 2 aromatic carbocycles. The summed E-state index contributed by atoms with van der Waals surface area (Å²) in [5.41, 5.74) is 4.79. The van der Waals surface area contributed by atoms with E-state index in [4.69, 9.17) is 0 Å². The molecule has 112 valence electrons. The summed E-state index contributed by atoms with van der Waals surface area (Å²) in [6, 6.07) is 11.5. The zero-order valence-electron chi connectivity index (χ0n) is 14.0. The summed E-state index contributed by atoms with van der Waals surface area (Å²) in [5.74, 6) is 0.906. The molecule has 1 fully saturated rings. The first-order valence-electron chi connectivity index (χ1n) is 8.48. The van der Waals surface area contributed by atoms with E-state index in [-0.39, 0.29) is 5.41 Å². The van der Waals surface area contributed by atoms with Crippen LogP contribution in [-0.2, 0) is 11.8 Å². The van der Waals surface area contributed by atoms with Gasteiger partial charge in [0.05, 0.1) is 0 Å². The Kier molecular flexibility index (Phi) is 3.82. The molecule has 21 heavy (non-hydrogen) atoms. The van der Waals surface area contributed by atoms with Crippen molar-refractivity contribution in [2.24, 2.45) is 5.92 Å². The Bertz CT molecular complexity index is 637.